The molecule has 0 unspecified atom stereocenters. The highest BCUT2D eigenvalue weighted by atomic mass is 32.2. The zero-order chi connectivity index (χ0) is 29.9. The third kappa shape index (κ3) is 6.61. The molecule has 1 saturated heterocycles. The summed E-state index contributed by atoms with van der Waals surface area (Å²) < 4.78 is 40.5. The predicted molar refractivity (Wildman–Crippen MR) is 166 cm³/mol. The van der Waals surface area contributed by atoms with E-state index < -0.39 is 10.0 Å². The van der Waals surface area contributed by atoms with Crippen LogP contribution in [-0.2, 0) is 20.2 Å². The highest BCUT2D eigenvalue weighted by Crippen LogP contribution is 2.36. The number of nitrogens with one attached hydrogen (secondary N) is 3. The zero-order valence-corrected chi connectivity index (χ0v) is 25.3. The van der Waals surface area contributed by atoms with E-state index >= 15 is 0 Å². The quantitative estimate of drug-likeness (QED) is 0.253. The number of carbonyl (C=O) groups is 1. The fourth-order valence-electron chi connectivity index (χ4n) is 5.08. The van der Waals surface area contributed by atoms with Gasteiger partial charge in [0.2, 0.25) is 0 Å². The molecule has 1 aliphatic heterocycles. The molecule has 1 amide bonds. The van der Waals surface area contributed by atoms with Gasteiger partial charge in [0.25, 0.3) is 15.9 Å². The average Bonchev–Trinajstić information content (AvgIpc) is 3.36. The van der Waals surface area contributed by atoms with Gasteiger partial charge in [-0.15, -0.1) is 0 Å². The molecule has 42 heavy (non-hydrogen) atoms. The number of hydrogen-bond acceptors (Lipinski definition) is 6. The Morgan fingerprint density at radius 3 is 2.45 bits per heavy atom. The van der Waals surface area contributed by atoms with Crippen molar-refractivity contribution in [2.24, 2.45) is 0 Å². The van der Waals surface area contributed by atoms with Crippen LogP contribution >= 0.6 is 0 Å². The molecule has 2 heterocycles. The van der Waals surface area contributed by atoms with Crippen molar-refractivity contribution in [1.29, 1.82) is 0 Å². The highest BCUT2D eigenvalue weighted by Gasteiger charge is 2.23. The topological polar surface area (TPSA) is 113 Å². The van der Waals surface area contributed by atoms with Crippen molar-refractivity contribution < 1.29 is 22.7 Å². The molecule has 1 aromatic heterocycles. The summed E-state index contributed by atoms with van der Waals surface area (Å²) in [5, 5.41) is 3.64. The minimum Gasteiger partial charge on any atom is -0.497 e. The number of methoxy groups -OCH3 is 1. The molecule has 4 aromatic rings. The van der Waals surface area contributed by atoms with Gasteiger partial charge in [-0.1, -0.05) is 45.0 Å². The first-order valence-corrected chi connectivity index (χ1v) is 15.6. The van der Waals surface area contributed by atoms with Gasteiger partial charge in [0, 0.05) is 48.3 Å². The van der Waals surface area contributed by atoms with Gasteiger partial charge in [-0.25, -0.2) is 8.42 Å². The van der Waals surface area contributed by atoms with Gasteiger partial charge in [0.1, 0.15) is 11.4 Å². The Balaban J connectivity index is 1.48. The van der Waals surface area contributed by atoms with Crippen molar-refractivity contribution in [3.05, 3.63) is 78.0 Å². The fraction of sp³-hybridized carbons (Fsp3) is 0.344. The van der Waals surface area contributed by atoms with Gasteiger partial charge in [-0.3, -0.25) is 14.4 Å². The van der Waals surface area contributed by atoms with Crippen LogP contribution < -0.4 is 14.8 Å². The molecule has 0 aliphatic carbocycles. The van der Waals surface area contributed by atoms with E-state index in [1.54, 1.807) is 37.4 Å². The number of anilines is 1. The number of fused-ring (bicyclic) bond motifs is 1. The standard InChI is InChI=1S/C32H38N4O5S/c1-32(2,3)23-8-10-24(11-9-23)35-42(38,39)26-12-13-28-27(21-26)29(22-6-5-7-25(20-22)40-4)30(34-28)31(37)33-14-15-36-16-18-41-19-17-36/h5-13,20-21,34-35H,14-19H2,1-4H3,(H,33,37). The zero-order valence-electron chi connectivity index (χ0n) is 24.5. The number of morpholine rings is 1. The van der Waals surface area contributed by atoms with E-state index in [1.807, 2.05) is 36.4 Å². The third-order valence-corrected chi connectivity index (χ3v) is 8.87. The second-order valence-electron chi connectivity index (χ2n) is 11.5. The van der Waals surface area contributed by atoms with E-state index in [-0.39, 0.29) is 16.2 Å². The van der Waals surface area contributed by atoms with Gasteiger partial charge in [-0.2, -0.15) is 0 Å². The van der Waals surface area contributed by atoms with E-state index in [0.717, 1.165) is 24.2 Å². The molecule has 3 N–H and O–H groups in total. The first kappa shape index (κ1) is 29.6. The largest absolute Gasteiger partial charge is 0.497 e. The van der Waals surface area contributed by atoms with Crippen molar-refractivity contribution in [1.82, 2.24) is 15.2 Å². The van der Waals surface area contributed by atoms with Crippen molar-refractivity contribution in [3.63, 3.8) is 0 Å². The number of carbonyl (C=O) groups excluding carboxylic acids is 1. The Morgan fingerprint density at radius 2 is 1.76 bits per heavy atom. The number of nitrogens with zero attached hydrogens (tertiary/aromatic N) is 1. The summed E-state index contributed by atoms with van der Waals surface area (Å²) in [6, 6.07) is 19.6. The molecule has 0 radical (unpaired) electrons. The Bertz CT molecular complexity index is 1670. The van der Waals surface area contributed by atoms with Crippen molar-refractivity contribution in [3.8, 4) is 16.9 Å². The Labute approximate surface area is 247 Å². The smallest absolute Gasteiger partial charge is 0.268 e. The third-order valence-electron chi connectivity index (χ3n) is 7.49. The SMILES string of the molecule is COc1cccc(-c2c(C(=O)NCCN3CCOCC3)[nH]c3ccc(S(=O)(=O)Nc4ccc(C(C)(C)C)cc4)cc23)c1. The number of rotatable bonds is 9. The summed E-state index contributed by atoms with van der Waals surface area (Å²) in [6.07, 6.45) is 0. The van der Waals surface area contributed by atoms with E-state index in [2.05, 4.69) is 40.7 Å². The van der Waals surface area contributed by atoms with Gasteiger partial charge < -0.3 is 19.8 Å². The second-order valence-corrected chi connectivity index (χ2v) is 13.1. The number of sulfonamides is 1. The van der Waals surface area contributed by atoms with Crippen LogP contribution in [0.2, 0.25) is 0 Å². The number of aromatic amines is 1. The molecule has 0 bridgehead atoms. The molecule has 1 aliphatic rings. The number of amides is 1. The van der Waals surface area contributed by atoms with Crippen molar-refractivity contribution in [2.45, 2.75) is 31.1 Å². The van der Waals surface area contributed by atoms with Crippen molar-refractivity contribution in [2.75, 3.05) is 51.2 Å². The number of ether oxygens (including phenoxy) is 2. The molecule has 9 nitrogen and oxygen atoms in total. The lowest BCUT2D eigenvalue weighted by atomic mass is 9.87. The summed E-state index contributed by atoms with van der Waals surface area (Å²) in [6.45, 7) is 10.6. The number of H-pyrrole nitrogens is 1. The maximum Gasteiger partial charge on any atom is 0.268 e. The number of benzene rings is 3. The second kappa shape index (κ2) is 12.2. The van der Waals surface area contributed by atoms with Crippen LogP contribution in [0.4, 0.5) is 5.69 Å². The maximum absolute atomic E-state index is 13.5. The predicted octanol–water partition coefficient (Wildman–Crippen LogP) is 5.00. The summed E-state index contributed by atoms with van der Waals surface area (Å²) in [4.78, 5) is 19.1. The highest BCUT2D eigenvalue weighted by molar-refractivity contribution is 7.92. The van der Waals surface area contributed by atoms with Gasteiger partial charge in [0.15, 0.2) is 0 Å². The molecule has 5 rings (SSSR count). The Hall–Kier alpha value is -3.86. The lowest BCUT2D eigenvalue weighted by Gasteiger charge is -2.26. The van der Waals surface area contributed by atoms with Crippen LogP contribution in [0.5, 0.6) is 5.75 Å². The molecular weight excluding hydrogens is 552 g/mol. The molecule has 1 fully saturated rings. The van der Waals surface area contributed by atoms with Crippen LogP contribution in [0.25, 0.3) is 22.0 Å². The van der Waals surface area contributed by atoms with Crippen LogP contribution in [0.15, 0.2) is 71.6 Å². The van der Waals surface area contributed by atoms with Crippen LogP contribution in [0.1, 0.15) is 36.8 Å². The van der Waals surface area contributed by atoms with E-state index in [0.29, 0.717) is 59.9 Å². The van der Waals surface area contributed by atoms with E-state index in [9.17, 15) is 13.2 Å². The average molecular weight is 591 g/mol. The number of aromatic nitrogens is 1. The summed E-state index contributed by atoms with van der Waals surface area (Å²) in [5.74, 6) is 0.364. The fourth-order valence-corrected chi connectivity index (χ4v) is 6.16. The number of hydrogen-bond donors (Lipinski definition) is 3. The molecule has 222 valence electrons. The van der Waals surface area contributed by atoms with E-state index in [1.165, 1.54) is 0 Å². The molecule has 0 atom stereocenters. The Kier molecular flexibility index (Phi) is 8.58. The molecule has 0 saturated carbocycles. The van der Waals surface area contributed by atoms with Crippen LogP contribution in [-0.4, -0.2) is 70.7 Å². The minimum atomic E-state index is -3.91. The molecular formula is C32H38N4O5S. The normalized spacial score (nSPS) is 14.6. The lowest BCUT2D eigenvalue weighted by molar-refractivity contribution is 0.0383. The maximum atomic E-state index is 13.5. The van der Waals surface area contributed by atoms with Crippen LogP contribution in [0.3, 0.4) is 0 Å². The Morgan fingerprint density at radius 1 is 1.02 bits per heavy atom. The van der Waals surface area contributed by atoms with Crippen molar-refractivity contribution >= 4 is 32.5 Å². The van der Waals surface area contributed by atoms with Gasteiger partial charge in [0.05, 0.1) is 25.2 Å². The molecule has 0 spiro atoms. The van der Waals surface area contributed by atoms with Gasteiger partial charge in [-0.05, 0) is 59.0 Å². The summed E-state index contributed by atoms with van der Waals surface area (Å²) in [7, 11) is -2.33. The van der Waals surface area contributed by atoms with Crippen LogP contribution in [0, 0.1) is 0 Å². The lowest BCUT2D eigenvalue weighted by Crippen LogP contribution is -2.41. The summed E-state index contributed by atoms with van der Waals surface area (Å²) in [5.41, 5.74) is 3.90. The molecule has 3 aromatic carbocycles. The first-order chi connectivity index (χ1) is 20.0. The van der Waals surface area contributed by atoms with Gasteiger partial charge >= 0.3 is 0 Å². The van der Waals surface area contributed by atoms with E-state index in [4.69, 9.17) is 9.47 Å². The minimum absolute atomic E-state index is 0.0419. The molecule has 10 heteroatoms. The summed E-state index contributed by atoms with van der Waals surface area (Å²) >= 11 is 0. The first-order valence-electron chi connectivity index (χ1n) is 14.1. The monoisotopic (exact) mass is 590 g/mol.